The van der Waals surface area contributed by atoms with Crippen LogP contribution in [0.25, 0.3) is 0 Å². The van der Waals surface area contributed by atoms with Gasteiger partial charge in [-0.05, 0) is 20.3 Å². The molecule has 0 aliphatic rings. The first-order chi connectivity index (χ1) is 5.52. The molecule has 0 radical (unpaired) electrons. The van der Waals surface area contributed by atoms with Gasteiger partial charge in [0.15, 0.2) is 0 Å². The molecule has 0 bridgehead atoms. The Labute approximate surface area is 116 Å². The van der Waals surface area contributed by atoms with E-state index in [4.69, 9.17) is 4.74 Å². The molecule has 0 N–H and O–H groups in total. The maximum absolute atomic E-state index is 5.34. The van der Waals surface area contributed by atoms with Gasteiger partial charge in [-0.2, -0.15) is 6.42 Å². The monoisotopic (exact) mass is 274 g/mol. The van der Waals surface area contributed by atoms with Crippen LogP contribution in [0.2, 0.25) is 0 Å². The Balaban J connectivity index is -0.000000605. The van der Waals surface area contributed by atoms with Crippen molar-refractivity contribution in [2.45, 2.75) is 52.1 Å². The molecule has 0 aliphatic carbocycles. The summed E-state index contributed by atoms with van der Waals surface area (Å²) in [5.41, 5.74) is 0.0564. The van der Waals surface area contributed by atoms with Crippen molar-refractivity contribution in [1.29, 1.82) is 0 Å². The fourth-order valence-electron chi connectivity index (χ4n) is 1.12. The van der Waals surface area contributed by atoms with Crippen molar-refractivity contribution in [3.63, 3.8) is 0 Å². The first-order valence-corrected chi connectivity index (χ1v) is 4.86. The number of methoxy groups -OCH3 is 1. The van der Waals surface area contributed by atoms with Crippen molar-refractivity contribution in [3.05, 3.63) is 6.92 Å². The zero-order valence-corrected chi connectivity index (χ0v) is 13.1. The molecule has 14 heavy (non-hydrogen) atoms. The maximum Gasteiger partial charge on any atom is 2.00 e. The molecule has 0 aromatic rings. The van der Waals surface area contributed by atoms with Crippen molar-refractivity contribution in [2.24, 2.45) is 5.92 Å². The van der Waals surface area contributed by atoms with E-state index in [0.717, 1.165) is 18.8 Å². The van der Waals surface area contributed by atoms with E-state index in [1.54, 1.807) is 7.11 Å². The van der Waals surface area contributed by atoms with Crippen LogP contribution in [0.15, 0.2) is 0 Å². The topological polar surface area (TPSA) is 9.23 Å². The second-order valence-corrected chi connectivity index (χ2v) is 4.25. The number of hydrogen-bond donors (Lipinski definition) is 0. The standard InChI is InChI=1S/C11H23O.BrH.Mg/c1-6-10(2)8-7-9-11(3,4)12-5;;/h10H,1,6-9H2,2-5H3;1H;/q-1;;+2/p-1. The zero-order valence-electron chi connectivity index (χ0n) is 10.1. The first-order valence-electron chi connectivity index (χ1n) is 4.86. The summed E-state index contributed by atoms with van der Waals surface area (Å²) in [6.07, 6.45) is 4.72. The van der Waals surface area contributed by atoms with Crippen LogP contribution >= 0.6 is 0 Å². The third kappa shape index (κ3) is 11.3. The van der Waals surface area contributed by atoms with Gasteiger partial charge in [-0.15, -0.1) is 0 Å². The van der Waals surface area contributed by atoms with Crippen LogP contribution in [-0.4, -0.2) is 35.8 Å². The van der Waals surface area contributed by atoms with Crippen LogP contribution in [0.4, 0.5) is 0 Å². The van der Waals surface area contributed by atoms with E-state index in [0.29, 0.717) is 0 Å². The Morgan fingerprint density at radius 3 is 2.21 bits per heavy atom. The molecule has 1 unspecified atom stereocenters. The molecule has 0 spiro atoms. The van der Waals surface area contributed by atoms with Gasteiger partial charge in [0.2, 0.25) is 0 Å². The van der Waals surface area contributed by atoms with Crippen molar-refractivity contribution in [2.75, 3.05) is 7.11 Å². The molecule has 0 heterocycles. The Morgan fingerprint density at radius 1 is 1.36 bits per heavy atom. The van der Waals surface area contributed by atoms with Crippen molar-refractivity contribution in [3.8, 4) is 0 Å². The quantitative estimate of drug-likeness (QED) is 0.492. The molecule has 1 atom stereocenters. The normalized spacial score (nSPS) is 12.6. The van der Waals surface area contributed by atoms with E-state index in [1.165, 1.54) is 12.8 Å². The molecule has 0 aromatic carbocycles. The average molecular weight is 276 g/mol. The molecule has 0 aromatic heterocycles. The molecule has 3 heteroatoms. The van der Waals surface area contributed by atoms with E-state index in [1.807, 2.05) is 0 Å². The van der Waals surface area contributed by atoms with Crippen LogP contribution in [-0.2, 0) is 4.74 Å². The number of rotatable bonds is 6. The van der Waals surface area contributed by atoms with Crippen molar-refractivity contribution < 1.29 is 21.7 Å². The zero-order chi connectivity index (χ0) is 9.61. The third-order valence-corrected chi connectivity index (χ3v) is 2.52. The van der Waals surface area contributed by atoms with Gasteiger partial charge < -0.3 is 28.6 Å². The molecule has 0 fully saturated rings. The van der Waals surface area contributed by atoms with E-state index in [-0.39, 0.29) is 45.6 Å². The first kappa shape index (κ1) is 20.6. The molecule has 0 saturated heterocycles. The van der Waals surface area contributed by atoms with Gasteiger partial charge in [-0.1, -0.05) is 25.7 Å². The van der Waals surface area contributed by atoms with Gasteiger partial charge in [-0.25, -0.2) is 0 Å². The number of hydrogen-bond acceptors (Lipinski definition) is 1. The van der Waals surface area contributed by atoms with Crippen LogP contribution < -0.4 is 17.0 Å². The van der Waals surface area contributed by atoms with Gasteiger partial charge in [0.05, 0.1) is 5.60 Å². The van der Waals surface area contributed by atoms with Crippen LogP contribution in [0.5, 0.6) is 0 Å². The molecule has 0 aliphatic heterocycles. The molecular weight excluding hydrogens is 252 g/mol. The second kappa shape index (κ2) is 10.7. The fraction of sp³-hybridized carbons (Fsp3) is 0.909. The van der Waals surface area contributed by atoms with Gasteiger partial charge in [0, 0.05) is 7.11 Å². The van der Waals surface area contributed by atoms with Crippen LogP contribution in [0.1, 0.15) is 46.5 Å². The van der Waals surface area contributed by atoms with Gasteiger partial charge in [0.25, 0.3) is 0 Å². The second-order valence-electron chi connectivity index (χ2n) is 4.25. The van der Waals surface area contributed by atoms with Crippen molar-refractivity contribution in [1.82, 2.24) is 0 Å². The largest absolute Gasteiger partial charge is 2.00 e. The molecule has 0 rings (SSSR count). The average Bonchev–Trinajstić information content (AvgIpc) is 2.04. The summed E-state index contributed by atoms with van der Waals surface area (Å²) in [4.78, 5) is 0. The Morgan fingerprint density at radius 2 is 1.86 bits per heavy atom. The summed E-state index contributed by atoms with van der Waals surface area (Å²) in [6.45, 7) is 10.4. The van der Waals surface area contributed by atoms with E-state index < -0.39 is 0 Å². The Kier molecular flexibility index (Phi) is 15.8. The third-order valence-electron chi connectivity index (χ3n) is 2.52. The van der Waals surface area contributed by atoms with Crippen LogP contribution in [0.3, 0.4) is 0 Å². The van der Waals surface area contributed by atoms with E-state index in [9.17, 15) is 0 Å². The summed E-state index contributed by atoms with van der Waals surface area (Å²) in [5, 5.41) is 0. The fourth-order valence-corrected chi connectivity index (χ4v) is 1.12. The Hall–Kier alpha value is 1.21. The smallest absolute Gasteiger partial charge is 1.00 e. The molecule has 82 valence electrons. The minimum atomic E-state index is 0. The summed E-state index contributed by atoms with van der Waals surface area (Å²) >= 11 is 0. The van der Waals surface area contributed by atoms with Gasteiger partial charge in [0.1, 0.15) is 0 Å². The summed E-state index contributed by atoms with van der Waals surface area (Å²) in [7, 11) is 1.78. The maximum atomic E-state index is 5.34. The van der Waals surface area contributed by atoms with Crippen molar-refractivity contribution >= 4 is 23.1 Å². The van der Waals surface area contributed by atoms with Gasteiger partial charge in [-0.3, -0.25) is 0 Å². The SMILES string of the molecule is [Br-].[CH2-]CC(C)CCCC(C)(C)OC.[Mg+2]. The molecule has 0 amide bonds. The molecule has 0 saturated carbocycles. The minimum Gasteiger partial charge on any atom is -1.00 e. The number of ether oxygens (including phenoxy) is 1. The Bertz CT molecular complexity index is 118. The number of halogens is 1. The minimum absolute atomic E-state index is 0. The van der Waals surface area contributed by atoms with Crippen LogP contribution in [0, 0.1) is 12.8 Å². The summed E-state index contributed by atoms with van der Waals surface area (Å²) in [6, 6.07) is 0. The van der Waals surface area contributed by atoms with E-state index >= 15 is 0 Å². The summed E-state index contributed by atoms with van der Waals surface area (Å²) in [5.74, 6) is 0.762. The van der Waals surface area contributed by atoms with E-state index in [2.05, 4.69) is 27.7 Å². The predicted octanol–water partition coefficient (Wildman–Crippen LogP) is 0.0652. The molecular formula is C11H23BrMgO. The van der Waals surface area contributed by atoms with Gasteiger partial charge >= 0.3 is 23.1 Å². The summed E-state index contributed by atoms with van der Waals surface area (Å²) < 4.78 is 5.34. The molecule has 1 nitrogen and oxygen atoms in total. The predicted molar refractivity (Wildman–Crippen MR) is 59.8 cm³/mol.